The van der Waals surface area contributed by atoms with Crippen LogP contribution in [0.1, 0.15) is 60.0 Å². The number of esters is 1. The Morgan fingerprint density at radius 1 is 1.24 bits per heavy atom. The van der Waals surface area contributed by atoms with Crippen LogP contribution < -0.4 is 5.56 Å². The predicted molar refractivity (Wildman–Crippen MR) is 139 cm³/mol. The average Bonchev–Trinajstić information content (AvgIpc) is 3.29. The van der Waals surface area contributed by atoms with Crippen LogP contribution in [0.2, 0.25) is 0 Å². The van der Waals surface area contributed by atoms with Gasteiger partial charge >= 0.3 is 5.97 Å². The zero-order valence-electron chi connectivity index (χ0n) is 21.2. The van der Waals surface area contributed by atoms with Gasteiger partial charge < -0.3 is 19.5 Å². The fraction of sp³-hybridized carbons (Fsp3) is 0.464. The Bertz CT molecular complexity index is 1610. The molecule has 0 spiro atoms. The zero-order valence-corrected chi connectivity index (χ0v) is 22.0. The lowest BCUT2D eigenvalue weighted by Crippen LogP contribution is -2.44. The molecule has 198 valence electrons. The maximum absolute atomic E-state index is 15.0. The van der Waals surface area contributed by atoms with Crippen molar-refractivity contribution in [2.45, 2.75) is 68.9 Å². The Hall–Kier alpha value is -2.79. The van der Waals surface area contributed by atoms with Crippen LogP contribution >= 0.6 is 11.8 Å². The second-order valence-corrected chi connectivity index (χ2v) is 11.8. The molecule has 38 heavy (non-hydrogen) atoms. The van der Waals surface area contributed by atoms with Crippen LogP contribution in [0.3, 0.4) is 0 Å². The molecule has 4 aliphatic rings. The van der Waals surface area contributed by atoms with Crippen molar-refractivity contribution >= 4 is 28.6 Å². The van der Waals surface area contributed by atoms with Crippen LogP contribution in [0.4, 0.5) is 4.39 Å². The summed E-state index contributed by atoms with van der Waals surface area (Å²) in [5.41, 5.74) is 2.58. The molecular weight excluding hydrogens is 509 g/mol. The van der Waals surface area contributed by atoms with Crippen LogP contribution in [0, 0.1) is 12.7 Å². The molecule has 0 radical (unpaired) electrons. The highest BCUT2D eigenvalue weighted by atomic mass is 32.2. The molecule has 0 unspecified atom stereocenters. The third-order valence-corrected chi connectivity index (χ3v) is 10.1. The van der Waals surface area contributed by atoms with Crippen molar-refractivity contribution in [3.63, 3.8) is 0 Å². The van der Waals surface area contributed by atoms with E-state index in [1.54, 1.807) is 36.2 Å². The Morgan fingerprint density at radius 2 is 2.00 bits per heavy atom. The molecule has 6 heterocycles. The Labute approximate surface area is 222 Å². The molecule has 4 aliphatic heterocycles. The number of piperidine rings is 1. The van der Waals surface area contributed by atoms with Gasteiger partial charge in [0.2, 0.25) is 0 Å². The van der Waals surface area contributed by atoms with Crippen molar-refractivity contribution in [2.24, 2.45) is 0 Å². The summed E-state index contributed by atoms with van der Waals surface area (Å²) >= 11 is 1.64. The minimum atomic E-state index is -1.90. The normalized spacial score (nSPS) is 24.8. The number of fused-ring (bicyclic) bond motifs is 5. The minimum absolute atomic E-state index is 0.0289. The molecular formula is C28H28FN3O5S. The van der Waals surface area contributed by atoms with Gasteiger partial charge in [0, 0.05) is 52.4 Å². The number of ether oxygens (including phenoxy) is 1. The summed E-state index contributed by atoms with van der Waals surface area (Å²) in [6.45, 7) is 5.10. The van der Waals surface area contributed by atoms with Crippen molar-refractivity contribution in [2.75, 3.05) is 18.8 Å². The number of aliphatic hydroxyl groups excluding tert-OH is 1. The quantitative estimate of drug-likeness (QED) is 0.376. The Balaban J connectivity index is 1.50. The molecule has 1 aromatic carbocycles. The first-order valence-corrected chi connectivity index (χ1v) is 14.1. The number of nitrogens with zero attached hydrogens (tertiary/aromatic N) is 3. The fourth-order valence-corrected chi connectivity index (χ4v) is 7.96. The summed E-state index contributed by atoms with van der Waals surface area (Å²) in [6, 6.07) is 3.20. The highest BCUT2D eigenvalue weighted by Crippen LogP contribution is 2.50. The number of halogens is 1. The molecule has 3 aromatic rings. The van der Waals surface area contributed by atoms with E-state index >= 15 is 4.39 Å². The minimum Gasteiger partial charge on any atom is -0.458 e. The van der Waals surface area contributed by atoms with E-state index < -0.39 is 11.6 Å². The fourth-order valence-electron chi connectivity index (χ4n) is 6.59. The lowest BCUT2D eigenvalue weighted by molar-refractivity contribution is -0.172. The van der Waals surface area contributed by atoms with E-state index in [1.807, 2.05) is 0 Å². The first-order chi connectivity index (χ1) is 18.2. The van der Waals surface area contributed by atoms with Crippen molar-refractivity contribution in [1.29, 1.82) is 0 Å². The monoisotopic (exact) mass is 537 g/mol. The molecule has 2 aromatic heterocycles. The van der Waals surface area contributed by atoms with E-state index in [2.05, 4.69) is 4.90 Å². The molecule has 0 amide bonds. The number of benzene rings is 1. The highest BCUT2D eigenvalue weighted by molar-refractivity contribution is 7.99. The second-order valence-electron chi connectivity index (χ2n) is 10.8. The predicted octanol–water partition coefficient (Wildman–Crippen LogP) is 3.13. The van der Waals surface area contributed by atoms with E-state index in [0.717, 1.165) is 40.3 Å². The van der Waals surface area contributed by atoms with E-state index in [9.17, 15) is 19.8 Å². The van der Waals surface area contributed by atoms with E-state index in [4.69, 9.17) is 9.72 Å². The summed E-state index contributed by atoms with van der Waals surface area (Å²) in [6.07, 6.45) is 1.16. The second kappa shape index (κ2) is 8.35. The number of pyridine rings is 2. The van der Waals surface area contributed by atoms with Gasteiger partial charge in [-0.2, -0.15) is 0 Å². The summed E-state index contributed by atoms with van der Waals surface area (Å²) in [4.78, 5) is 34.4. The molecule has 2 N–H and O–H groups in total. The Kier molecular flexibility index (Phi) is 5.33. The molecule has 1 saturated heterocycles. The smallest absolute Gasteiger partial charge is 0.343 e. The van der Waals surface area contributed by atoms with E-state index in [1.165, 1.54) is 6.07 Å². The third kappa shape index (κ3) is 3.17. The molecule has 0 aliphatic carbocycles. The van der Waals surface area contributed by atoms with Gasteiger partial charge in [-0.15, -0.1) is 11.8 Å². The maximum Gasteiger partial charge on any atom is 0.343 e. The van der Waals surface area contributed by atoms with Gasteiger partial charge in [0.05, 0.1) is 35.1 Å². The Morgan fingerprint density at radius 3 is 2.74 bits per heavy atom. The number of hydrogen-bond acceptors (Lipinski definition) is 8. The average molecular weight is 538 g/mol. The number of hydrogen-bond donors (Lipinski definition) is 2. The van der Waals surface area contributed by atoms with Crippen molar-refractivity contribution in [3.05, 3.63) is 56.1 Å². The van der Waals surface area contributed by atoms with Crippen LogP contribution in [-0.4, -0.2) is 55.6 Å². The summed E-state index contributed by atoms with van der Waals surface area (Å²) in [7, 11) is 0. The van der Waals surface area contributed by atoms with Crippen molar-refractivity contribution < 1.29 is 24.1 Å². The van der Waals surface area contributed by atoms with Gasteiger partial charge in [-0.25, -0.2) is 14.2 Å². The van der Waals surface area contributed by atoms with E-state index in [0.29, 0.717) is 41.9 Å². The van der Waals surface area contributed by atoms with Crippen LogP contribution in [-0.2, 0) is 28.3 Å². The zero-order chi connectivity index (χ0) is 26.5. The number of aliphatic hydroxyl groups is 2. The highest BCUT2D eigenvalue weighted by Gasteiger charge is 2.46. The molecule has 7 rings (SSSR count). The molecule has 8 nitrogen and oxygen atoms in total. The lowest BCUT2D eigenvalue weighted by atomic mass is 9.86. The number of rotatable bonds is 2. The first kappa shape index (κ1) is 24.3. The number of cyclic esters (lactones) is 1. The van der Waals surface area contributed by atoms with E-state index in [-0.39, 0.29) is 47.7 Å². The molecule has 0 bridgehead atoms. The number of carbonyl (C=O) groups is 1. The SMILES string of the molecule is CC[C@@]1(O)C(=O)OCc2c1cc1n(c2=O)Cc2c-1nc1cc(F)c(C)c3c1c2[C@H](N1CCC(O)CC1)CS3. The molecule has 10 heteroatoms. The summed E-state index contributed by atoms with van der Waals surface area (Å²) in [5, 5.41) is 22.3. The molecule has 0 saturated carbocycles. The number of aromatic nitrogens is 2. The number of thioether (sulfide) groups is 1. The summed E-state index contributed by atoms with van der Waals surface area (Å²) in [5.74, 6) is -0.344. The summed E-state index contributed by atoms with van der Waals surface area (Å²) < 4.78 is 21.9. The van der Waals surface area contributed by atoms with Gasteiger partial charge in [0.1, 0.15) is 12.4 Å². The van der Waals surface area contributed by atoms with Gasteiger partial charge in [0.25, 0.3) is 5.56 Å². The largest absolute Gasteiger partial charge is 0.458 e. The van der Waals surface area contributed by atoms with Gasteiger partial charge in [0.15, 0.2) is 5.60 Å². The van der Waals surface area contributed by atoms with Crippen molar-refractivity contribution in [3.8, 4) is 11.4 Å². The molecule has 1 fully saturated rings. The van der Waals surface area contributed by atoms with Gasteiger partial charge in [-0.3, -0.25) is 9.69 Å². The van der Waals surface area contributed by atoms with Crippen LogP contribution in [0.5, 0.6) is 0 Å². The number of likely N-dealkylation sites (tertiary alicyclic amines) is 1. The number of carbonyl (C=O) groups excluding carboxylic acids is 1. The van der Waals surface area contributed by atoms with Crippen LogP contribution in [0.15, 0.2) is 21.8 Å². The molecule has 2 atom stereocenters. The van der Waals surface area contributed by atoms with Crippen LogP contribution in [0.25, 0.3) is 22.3 Å². The standard InChI is InChI=1S/C28H28FN3O5S/c1-3-28(36)17-8-20-24-15(10-32(20)26(34)16(17)11-37-27(28)35)22-21(31-6-4-14(33)5-7-31)12-38-25-13(2)18(29)9-19(30-24)23(22)25/h8-9,14,21,33,36H,3-7,10-12H2,1-2H3/t21-,28+/m1/s1. The topological polar surface area (TPSA) is 105 Å². The maximum atomic E-state index is 15.0. The van der Waals surface area contributed by atoms with Gasteiger partial charge in [-0.05, 0) is 43.4 Å². The van der Waals surface area contributed by atoms with Crippen molar-refractivity contribution in [1.82, 2.24) is 14.5 Å². The lowest BCUT2D eigenvalue weighted by Gasteiger charge is -2.39. The first-order valence-electron chi connectivity index (χ1n) is 13.1. The third-order valence-electron chi connectivity index (χ3n) is 8.82. The van der Waals surface area contributed by atoms with Gasteiger partial charge in [-0.1, -0.05) is 6.92 Å².